The first-order valence-electron chi connectivity index (χ1n) is 40.6. The minimum absolute atomic E-state index is 0.0146. The third kappa shape index (κ3) is 66.3. The highest BCUT2D eigenvalue weighted by Crippen LogP contribution is 2.70. The van der Waals surface area contributed by atoms with Gasteiger partial charge in [0.2, 0.25) is 34.2 Å². The van der Waals surface area contributed by atoms with Gasteiger partial charge < -0.3 is 59.0 Å². The Kier molecular flexibility index (Phi) is 69.4. The van der Waals surface area contributed by atoms with Gasteiger partial charge in [-0.15, -0.1) is 0 Å². The van der Waals surface area contributed by atoms with Crippen LogP contribution in [-0.4, -0.2) is 126 Å². The summed E-state index contributed by atoms with van der Waals surface area (Å²) in [6.07, 6.45) is 24.0. The molecular formula is C75H156O15P6S12. The number of rotatable bonds is 71. The van der Waals surface area contributed by atoms with Crippen LogP contribution in [0.2, 0.25) is 0 Å². The fourth-order valence-corrected chi connectivity index (χ4v) is 44.8. The van der Waals surface area contributed by atoms with Crippen LogP contribution in [-0.2, 0) is 139 Å². The first-order valence-corrected chi connectivity index (χ1v) is 66.0. The number of ether oxygens (including phenoxy) is 1. The molecule has 0 N–H and O–H groups in total. The van der Waals surface area contributed by atoms with Gasteiger partial charge in [0.05, 0.1) is 86.3 Å². The third-order valence-corrected chi connectivity index (χ3v) is 48.0. The van der Waals surface area contributed by atoms with Crippen LogP contribution in [0.15, 0.2) is 0 Å². The van der Waals surface area contributed by atoms with E-state index in [-0.39, 0.29) is 91.4 Å². The monoisotopic (exact) mass is 1870 g/mol. The van der Waals surface area contributed by atoms with E-state index in [2.05, 4.69) is 96.9 Å². The van der Waals surface area contributed by atoms with E-state index in [0.29, 0.717) is 71.2 Å². The quantitative estimate of drug-likeness (QED) is 0.0322. The molecule has 0 aliphatic rings. The van der Waals surface area contributed by atoms with Crippen molar-refractivity contribution in [1.29, 1.82) is 0 Å². The van der Waals surface area contributed by atoms with Crippen LogP contribution in [0.5, 0.6) is 0 Å². The van der Waals surface area contributed by atoms with E-state index in [4.69, 9.17) is 130 Å². The van der Waals surface area contributed by atoms with Crippen molar-refractivity contribution in [1.82, 2.24) is 0 Å². The van der Waals surface area contributed by atoms with Crippen molar-refractivity contribution in [3.05, 3.63) is 0 Å². The lowest BCUT2D eigenvalue weighted by molar-refractivity contribution is -0.142. The summed E-state index contributed by atoms with van der Waals surface area (Å²) < 4.78 is 83.7. The highest BCUT2D eigenvalue weighted by atomic mass is 32.9. The normalized spacial score (nSPS) is 17.2. The molecule has 8 unspecified atom stereocenters. The molecule has 0 fully saturated rings. The largest absolute Gasteiger partial charge is 0.466 e. The van der Waals surface area contributed by atoms with Crippen LogP contribution in [0.25, 0.3) is 0 Å². The second-order valence-electron chi connectivity index (χ2n) is 31.2. The van der Waals surface area contributed by atoms with Gasteiger partial charge in [-0.05, 0) is 244 Å². The second kappa shape index (κ2) is 65.3. The molecule has 0 heterocycles. The zero-order valence-corrected chi connectivity index (χ0v) is 87.0. The average molecular weight is 1870 g/mol. The Labute approximate surface area is 719 Å². The van der Waals surface area contributed by atoms with Crippen molar-refractivity contribution in [3.8, 4) is 0 Å². The van der Waals surface area contributed by atoms with Crippen LogP contribution in [0, 0.1) is 23.7 Å². The van der Waals surface area contributed by atoms with Crippen molar-refractivity contribution in [2.75, 3.05) is 41.1 Å². The van der Waals surface area contributed by atoms with Gasteiger partial charge in [0.25, 0.3) is 0 Å². The van der Waals surface area contributed by atoms with Gasteiger partial charge in [0.1, 0.15) is 5.78 Å². The fourth-order valence-electron chi connectivity index (χ4n) is 11.0. The summed E-state index contributed by atoms with van der Waals surface area (Å²) in [5.41, 5.74) is -16.6. The van der Waals surface area contributed by atoms with E-state index in [1.54, 1.807) is 29.7 Å². The summed E-state index contributed by atoms with van der Waals surface area (Å²) >= 11 is 46.0. The number of ketones is 1. The molecule has 33 heteroatoms. The molecule has 0 saturated heterocycles. The minimum atomic E-state index is -3.02. The SMILES string of the molecule is CC(=O)CCSP(=S)(OC(C)CSP(=S)(OC(C)CC(C)C)OC(C)CC(C)C)OC(C)CSP(=S)(OC(C)CC(C)C)OC(C)CC(C)C.CCCCCCCCCCC(CSP(=S)(OC(C)C)OC(C)C)OP(=S)(OC(CCCCCCCCCC)CSP(=S)(OC(C)C)OC(C)C)SCCC(=O)OCC. The number of esters is 1. The Balaban J connectivity index is 0. The second-order valence-corrected chi connectivity index (χ2v) is 68.9. The molecule has 648 valence electrons. The number of unbranched alkanes of at least 4 members (excludes halogenated alkanes) is 14. The third-order valence-electron chi connectivity index (χ3n) is 15.1. The highest BCUT2D eigenvalue weighted by Gasteiger charge is 2.37. The number of Topliss-reactive ketones (excluding diaryl/α,β-unsaturated/α-hetero) is 1. The number of hydrogen-bond donors (Lipinski definition) is 0. The highest BCUT2D eigenvalue weighted by molar-refractivity contribution is 8.70. The molecule has 0 rings (SSSR count). The van der Waals surface area contributed by atoms with Crippen LogP contribution in [0.3, 0.4) is 0 Å². The Bertz CT molecular complexity index is 2390. The molecule has 0 aromatic carbocycles. The molecule has 0 amide bonds. The van der Waals surface area contributed by atoms with Crippen LogP contribution < -0.4 is 0 Å². The zero-order valence-electron chi connectivity index (χ0n) is 71.9. The lowest BCUT2D eigenvalue weighted by Gasteiger charge is -2.33. The topological polar surface area (TPSA) is 154 Å². The van der Waals surface area contributed by atoms with Gasteiger partial charge in [0.15, 0.2) is 0 Å². The molecule has 108 heavy (non-hydrogen) atoms. The Morgan fingerprint density at radius 3 is 0.806 bits per heavy atom. The van der Waals surface area contributed by atoms with Crippen LogP contribution in [0.1, 0.15) is 334 Å². The van der Waals surface area contributed by atoms with E-state index in [0.717, 1.165) is 64.2 Å². The minimum Gasteiger partial charge on any atom is -0.466 e. The Hall–Kier alpha value is 4.66. The number of carbonyl (C=O) groups is 2. The summed E-state index contributed by atoms with van der Waals surface area (Å²) in [6.45, 7) is 54.0. The number of hydrogen-bond acceptors (Lipinski definition) is 27. The summed E-state index contributed by atoms with van der Waals surface area (Å²) in [5.74, 6) is 5.03. The van der Waals surface area contributed by atoms with Gasteiger partial charge in [-0.3, -0.25) is 9.59 Å². The first kappa shape index (κ1) is 115. The van der Waals surface area contributed by atoms with E-state index >= 15 is 0 Å². The maximum Gasteiger partial charge on any atom is 0.306 e. The molecule has 0 radical (unpaired) electrons. The van der Waals surface area contributed by atoms with E-state index in [1.165, 1.54) is 123 Å². The van der Waals surface area contributed by atoms with E-state index in [9.17, 15) is 9.59 Å². The van der Waals surface area contributed by atoms with Gasteiger partial charge >= 0.3 is 5.97 Å². The van der Waals surface area contributed by atoms with Crippen molar-refractivity contribution in [2.24, 2.45) is 23.7 Å². The molecule has 0 bridgehead atoms. The molecular weight excluding hydrogens is 1710 g/mol. The molecule has 15 nitrogen and oxygen atoms in total. The van der Waals surface area contributed by atoms with E-state index in [1.807, 2.05) is 76.2 Å². The van der Waals surface area contributed by atoms with Crippen molar-refractivity contribution < 1.29 is 68.6 Å². The molecule has 8 atom stereocenters. The van der Waals surface area contributed by atoms with E-state index < -0.39 is 34.2 Å². The van der Waals surface area contributed by atoms with Crippen molar-refractivity contribution >= 4 is 185 Å². The summed E-state index contributed by atoms with van der Waals surface area (Å²) in [6, 6.07) is 0. The molecule has 0 aliphatic heterocycles. The summed E-state index contributed by atoms with van der Waals surface area (Å²) in [5, 5.41) is 0. The molecule has 0 spiro atoms. The molecule has 0 aromatic heterocycles. The van der Waals surface area contributed by atoms with Crippen LogP contribution >= 0.6 is 102 Å². The first-order chi connectivity index (χ1) is 50.3. The Morgan fingerprint density at radius 1 is 0.296 bits per heavy atom. The van der Waals surface area contributed by atoms with Gasteiger partial charge in [0, 0.05) is 40.9 Å². The molecule has 0 saturated carbocycles. The summed E-state index contributed by atoms with van der Waals surface area (Å²) in [4.78, 5) is 24.3. The Morgan fingerprint density at radius 2 is 0.537 bits per heavy atom. The molecule has 0 aromatic rings. The summed E-state index contributed by atoms with van der Waals surface area (Å²) in [7, 11) is 0. The number of carbonyl (C=O) groups excluding carboxylic acids is 2. The maximum atomic E-state index is 12.5. The lowest BCUT2D eigenvalue weighted by atomic mass is 10.1. The van der Waals surface area contributed by atoms with Crippen LogP contribution in [0.4, 0.5) is 0 Å². The smallest absolute Gasteiger partial charge is 0.306 e. The predicted molar refractivity (Wildman–Crippen MR) is 507 cm³/mol. The maximum absolute atomic E-state index is 12.5. The zero-order chi connectivity index (χ0) is 82.7. The lowest BCUT2D eigenvalue weighted by Crippen LogP contribution is -2.20. The van der Waals surface area contributed by atoms with Crippen molar-refractivity contribution in [2.45, 2.75) is 407 Å². The molecule has 0 aliphatic carbocycles. The standard InChI is InChI=1S/C41H85O8P3S6.C34H71O7P3S6/c1-12-15-17-19-21-23-25-27-29-39(33-57-50(53,44-35(4)5)45-36(6)7)48-52(55,56-32-31-41(42)43-14-3)49-40(30-28-26-24-22-20-18-16-13-2)34-58-51(54,46-37(8)9)47-38(10)11;1-24(2)18-29(10)36-43(46,37-30(11)19-25(3)4)49-22-33(14)40-42(45,48-17-16-28(9)35)41-34(15)23-50-44(47,38-31(12)20-26(5)6)39-32(13)21-27(7)8/h35-40H,12-34H2,1-11H3;24-27,29-34H,16-23H2,1-15H3. The van der Waals surface area contributed by atoms with Crippen molar-refractivity contribution in [3.63, 3.8) is 0 Å². The average Bonchev–Trinajstić information content (AvgIpc) is 0.842. The van der Waals surface area contributed by atoms with Gasteiger partial charge in [-0.2, -0.15) is 0 Å². The fraction of sp³-hybridized carbons (Fsp3) is 0.973. The van der Waals surface area contributed by atoms with Gasteiger partial charge in [-0.1, -0.05) is 240 Å². The van der Waals surface area contributed by atoms with Gasteiger partial charge in [-0.25, -0.2) is 0 Å². The predicted octanol–water partition coefficient (Wildman–Crippen LogP) is 29.8.